The van der Waals surface area contributed by atoms with Crippen LogP contribution in [0.5, 0.6) is 0 Å². The predicted molar refractivity (Wildman–Crippen MR) is 56.1 cm³/mol. The topological polar surface area (TPSA) is 12.0 Å². The highest BCUT2D eigenvalue weighted by molar-refractivity contribution is 5.07. The van der Waals surface area contributed by atoms with Gasteiger partial charge < -0.3 is 5.32 Å². The normalized spacial score (nSPS) is 13.8. The fourth-order valence-corrected chi connectivity index (χ4v) is 1.05. The van der Waals surface area contributed by atoms with E-state index in [1.165, 1.54) is 12.1 Å². The summed E-state index contributed by atoms with van der Waals surface area (Å²) in [6.45, 7) is 11.2. The molecule has 0 unspecified atom stereocenters. The third-order valence-corrected chi connectivity index (χ3v) is 2.37. The molecule has 0 aliphatic rings. The second-order valence-corrected chi connectivity index (χ2v) is 4.35. The Labute approximate surface area is 77.2 Å². The summed E-state index contributed by atoms with van der Waals surface area (Å²) in [5, 5.41) is 3.25. The maximum Gasteiger partial charge on any atom is 0.00949 e. The van der Waals surface area contributed by atoms with Crippen molar-refractivity contribution in [3.8, 4) is 0 Å². The molecule has 72 valence electrons. The molecule has 0 aromatic heterocycles. The Morgan fingerprint density at radius 2 is 1.92 bits per heavy atom. The molecule has 1 heteroatoms. The van der Waals surface area contributed by atoms with E-state index in [-0.39, 0.29) is 0 Å². The van der Waals surface area contributed by atoms with Crippen LogP contribution in [0, 0.1) is 11.3 Å². The van der Waals surface area contributed by atoms with Crippen LogP contribution in [0.25, 0.3) is 0 Å². The molecule has 0 saturated heterocycles. The molecule has 0 heterocycles. The van der Waals surface area contributed by atoms with Gasteiger partial charge in [0.2, 0.25) is 0 Å². The van der Waals surface area contributed by atoms with E-state index in [1.807, 2.05) is 7.05 Å². The van der Waals surface area contributed by atoms with Crippen molar-refractivity contribution in [2.24, 2.45) is 11.3 Å². The van der Waals surface area contributed by atoms with Gasteiger partial charge in [0, 0.05) is 12.7 Å². The molecule has 1 N–H and O–H groups in total. The summed E-state index contributed by atoms with van der Waals surface area (Å²) in [4.78, 5) is 0. The van der Waals surface area contributed by atoms with Gasteiger partial charge in [0.05, 0.1) is 0 Å². The lowest BCUT2D eigenvalue weighted by molar-refractivity contribution is 0.450. The molecule has 0 aliphatic carbocycles. The molecule has 12 heavy (non-hydrogen) atoms. The summed E-state index contributed by atoms with van der Waals surface area (Å²) in [7, 11) is 2.00. The number of hydrogen-bond acceptors (Lipinski definition) is 1. The van der Waals surface area contributed by atoms with E-state index in [1.54, 1.807) is 0 Å². The van der Waals surface area contributed by atoms with Crippen molar-refractivity contribution in [3.63, 3.8) is 0 Å². The first-order valence-corrected chi connectivity index (χ1v) is 4.83. The molecule has 0 bridgehead atoms. The van der Waals surface area contributed by atoms with E-state index in [9.17, 15) is 0 Å². The maximum absolute atomic E-state index is 3.25. The van der Waals surface area contributed by atoms with Gasteiger partial charge in [-0.05, 0) is 17.8 Å². The smallest absolute Gasteiger partial charge is 0.00949 e. The van der Waals surface area contributed by atoms with Gasteiger partial charge in [0.25, 0.3) is 0 Å². The lowest BCUT2D eigenvalue weighted by Crippen LogP contribution is -2.16. The predicted octanol–water partition coefficient (Wildman–Crippen LogP) is 3.18. The van der Waals surface area contributed by atoms with Crippen molar-refractivity contribution in [2.75, 3.05) is 7.05 Å². The van der Waals surface area contributed by atoms with Gasteiger partial charge in [-0.2, -0.15) is 0 Å². The van der Waals surface area contributed by atoms with Crippen LogP contribution in [0.3, 0.4) is 0 Å². The molecule has 0 saturated carbocycles. The summed E-state index contributed by atoms with van der Waals surface area (Å²) >= 11 is 0. The number of hydrogen-bond donors (Lipinski definition) is 1. The van der Waals surface area contributed by atoms with Gasteiger partial charge in [-0.1, -0.05) is 40.7 Å². The van der Waals surface area contributed by atoms with Crippen LogP contribution in [0.1, 0.15) is 41.0 Å². The lowest BCUT2D eigenvalue weighted by Gasteiger charge is -2.21. The van der Waals surface area contributed by atoms with Crippen LogP contribution in [-0.4, -0.2) is 7.05 Å². The van der Waals surface area contributed by atoms with E-state index >= 15 is 0 Å². The highest BCUT2D eigenvalue weighted by Gasteiger charge is 2.13. The summed E-state index contributed by atoms with van der Waals surface area (Å²) < 4.78 is 0. The van der Waals surface area contributed by atoms with Crippen molar-refractivity contribution in [3.05, 3.63) is 11.8 Å². The molecule has 0 spiro atoms. The van der Waals surface area contributed by atoms with Gasteiger partial charge in [-0.25, -0.2) is 0 Å². The average Bonchev–Trinajstić information content (AvgIpc) is 2.00. The van der Waals surface area contributed by atoms with Gasteiger partial charge in [-0.3, -0.25) is 0 Å². The van der Waals surface area contributed by atoms with E-state index in [2.05, 4.69) is 46.0 Å². The Morgan fingerprint density at radius 1 is 1.42 bits per heavy atom. The van der Waals surface area contributed by atoms with Crippen LogP contribution in [0.15, 0.2) is 11.8 Å². The van der Waals surface area contributed by atoms with E-state index in [0.29, 0.717) is 11.3 Å². The third-order valence-electron chi connectivity index (χ3n) is 2.37. The zero-order valence-corrected chi connectivity index (χ0v) is 9.36. The maximum atomic E-state index is 3.25. The first-order valence-electron chi connectivity index (χ1n) is 4.83. The molecule has 0 aromatic carbocycles. The van der Waals surface area contributed by atoms with Gasteiger partial charge in [0.1, 0.15) is 0 Å². The molecule has 0 rings (SSSR count). The quantitative estimate of drug-likeness (QED) is 0.681. The minimum atomic E-state index is 0.322. The van der Waals surface area contributed by atoms with Crippen molar-refractivity contribution in [1.82, 2.24) is 5.32 Å². The fraction of sp³-hybridized carbons (Fsp3) is 0.818. The lowest BCUT2D eigenvalue weighted by atomic mass is 9.87. The third kappa shape index (κ3) is 3.80. The minimum Gasteiger partial charge on any atom is -0.391 e. The van der Waals surface area contributed by atoms with Crippen molar-refractivity contribution < 1.29 is 0 Å². The van der Waals surface area contributed by atoms with E-state index < -0.39 is 0 Å². The Hall–Kier alpha value is -0.460. The van der Waals surface area contributed by atoms with Gasteiger partial charge in [-0.15, -0.1) is 0 Å². The summed E-state index contributed by atoms with van der Waals surface area (Å²) in [5.41, 5.74) is 1.67. The average molecular weight is 169 g/mol. The fourth-order valence-electron chi connectivity index (χ4n) is 1.05. The number of rotatable bonds is 4. The zero-order chi connectivity index (χ0) is 9.78. The molecule has 0 aromatic rings. The van der Waals surface area contributed by atoms with Crippen molar-refractivity contribution in [1.29, 1.82) is 0 Å². The Morgan fingerprint density at radius 3 is 2.17 bits per heavy atom. The van der Waals surface area contributed by atoms with Crippen LogP contribution in [0.4, 0.5) is 0 Å². The Kier molecular flexibility index (Phi) is 4.36. The monoisotopic (exact) mass is 169 g/mol. The molecule has 0 fully saturated rings. The van der Waals surface area contributed by atoms with Gasteiger partial charge >= 0.3 is 0 Å². The van der Waals surface area contributed by atoms with E-state index in [0.717, 1.165) is 0 Å². The van der Waals surface area contributed by atoms with Crippen LogP contribution in [-0.2, 0) is 0 Å². The van der Waals surface area contributed by atoms with Crippen molar-refractivity contribution >= 4 is 0 Å². The highest BCUT2D eigenvalue weighted by Crippen LogP contribution is 2.24. The van der Waals surface area contributed by atoms with Crippen LogP contribution >= 0.6 is 0 Å². The molecule has 1 nitrogen and oxygen atoms in total. The SMILES string of the molecule is CCC(C)(C)/C=C(\NC)C(C)C. The molecule has 0 aliphatic heterocycles. The van der Waals surface area contributed by atoms with Crippen LogP contribution in [0.2, 0.25) is 0 Å². The summed E-state index contributed by atoms with van der Waals surface area (Å²) in [6.07, 6.45) is 3.53. The van der Waals surface area contributed by atoms with Crippen molar-refractivity contribution in [2.45, 2.75) is 41.0 Å². The largest absolute Gasteiger partial charge is 0.391 e. The molecular formula is C11H23N. The first-order chi connectivity index (χ1) is 5.43. The van der Waals surface area contributed by atoms with Crippen LogP contribution < -0.4 is 5.32 Å². The van der Waals surface area contributed by atoms with Gasteiger partial charge in [0.15, 0.2) is 0 Å². The Bertz CT molecular complexity index is 154. The Balaban J connectivity index is 4.47. The van der Waals surface area contributed by atoms with E-state index in [4.69, 9.17) is 0 Å². The number of allylic oxidation sites excluding steroid dienone is 2. The molecule has 0 radical (unpaired) electrons. The zero-order valence-electron chi connectivity index (χ0n) is 9.36. The second-order valence-electron chi connectivity index (χ2n) is 4.35. The summed E-state index contributed by atoms with van der Waals surface area (Å²) in [5.74, 6) is 0.598. The molecule has 0 atom stereocenters. The second kappa shape index (κ2) is 4.54. The molecule has 0 amide bonds. The minimum absolute atomic E-state index is 0.322. The standard InChI is InChI=1S/C11H23N/c1-7-11(4,5)8-10(12-6)9(2)3/h8-9,12H,7H2,1-6H3/b10-8-. The summed E-state index contributed by atoms with van der Waals surface area (Å²) in [6, 6.07) is 0. The number of nitrogens with one attached hydrogen (secondary N) is 1. The first kappa shape index (κ1) is 11.5. The molecular weight excluding hydrogens is 146 g/mol. The highest BCUT2D eigenvalue weighted by atomic mass is 14.8.